The molecule has 0 spiro atoms. The van der Waals surface area contributed by atoms with E-state index in [1.54, 1.807) is 63.2 Å². The molecule has 1 aliphatic heterocycles. The molecule has 1 fully saturated rings. The summed E-state index contributed by atoms with van der Waals surface area (Å²) < 4.78 is 37.7. The Morgan fingerprint density at radius 3 is 2.63 bits per heavy atom. The van der Waals surface area contributed by atoms with Gasteiger partial charge in [0, 0.05) is 0 Å². The van der Waals surface area contributed by atoms with E-state index in [4.69, 9.17) is 24.3 Å². The van der Waals surface area contributed by atoms with Gasteiger partial charge in [-0.05, 0) is 37.1 Å². The van der Waals surface area contributed by atoms with Crippen LogP contribution in [0.15, 0.2) is 48.8 Å². The van der Waals surface area contributed by atoms with E-state index in [1.807, 2.05) is 0 Å². The van der Waals surface area contributed by atoms with Crippen molar-refractivity contribution in [2.24, 2.45) is 5.92 Å². The zero-order valence-corrected chi connectivity index (χ0v) is 22.1. The fourth-order valence-corrected chi connectivity index (χ4v) is 5.74. The van der Waals surface area contributed by atoms with Crippen LogP contribution in [-0.4, -0.2) is 68.3 Å². The minimum Gasteiger partial charge on any atom is -0.465 e. The van der Waals surface area contributed by atoms with Crippen molar-refractivity contribution >= 4 is 25.1 Å². The lowest BCUT2D eigenvalue weighted by Crippen LogP contribution is -2.42. The molecule has 0 radical (unpaired) electrons. The quantitative estimate of drug-likeness (QED) is 0.202. The zero-order chi connectivity index (χ0) is 27.4. The maximum Gasteiger partial charge on any atom is 0.459 e. The van der Waals surface area contributed by atoms with Crippen LogP contribution in [0.2, 0.25) is 0 Å². The Bertz CT molecular complexity index is 1290. The molecule has 1 aromatic carbocycles. The van der Waals surface area contributed by atoms with E-state index in [9.17, 15) is 19.6 Å². The molecule has 1 saturated heterocycles. The van der Waals surface area contributed by atoms with E-state index >= 15 is 0 Å². The average molecular weight is 550 g/mol. The Balaban J connectivity index is 1.54. The van der Waals surface area contributed by atoms with Gasteiger partial charge in [0.15, 0.2) is 5.82 Å². The first-order chi connectivity index (χ1) is 18.1. The number of nitrogens with zero attached hydrogens (tertiary/aromatic N) is 3. The number of aliphatic hydroxyl groups excluding tert-OH is 2. The molecular formula is C24H32N5O8P. The van der Waals surface area contributed by atoms with Gasteiger partial charge in [0.05, 0.1) is 18.9 Å². The molecule has 0 aliphatic carbocycles. The first-order valence-electron chi connectivity index (χ1n) is 12.2. The summed E-state index contributed by atoms with van der Waals surface area (Å²) in [5.74, 6) is -0.457. The predicted octanol–water partition coefficient (Wildman–Crippen LogP) is 1.85. The van der Waals surface area contributed by atoms with Gasteiger partial charge in [-0.1, -0.05) is 32.0 Å². The van der Waals surface area contributed by atoms with Crippen LogP contribution in [-0.2, 0) is 23.4 Å². The summed E-state index contributed by atoms with van der Waals surface area (Å²) in [4.78, 5) is 16.5. The maximum atomic E-state index is 13.9. The third-order valence-corrected chi connectivity index (χ3v) is 7.58. The summed E-state index contributed by atoms with van der Waals surface area (Å²) in [7, 11) is -4.22. The standard InChI is InChI=1S/C24H32N5O8P/c1-4-34-24(32)19(14(2)3)28-38(33,37-15-8-6-5-7-9-15)35-12-18-20(30)21(31)22(36-18)16-10-11-17-23(25)26-13-27-29(16)17/h5-11,13-14,18-22,30-31H,4,12H2,1-3H3,(H,28,33)(H2,25,26,27)/t18-,19+,20-,21-,22+,38?/m1/s1. The lowest BCUT2D eigenvalue weighted by atomic mass is 10.1. The van der Waals surface area contributed by atoms with Crippen molar-refractivity contribution in [3.05, 3.63) is 54.5 Å². The largest absolute Gasteiger partial charge is 0.465 e. The van der Waals surface area contributed by atoms with E-state index in [0.717, 1.165) is 0 Å². The van der Waals surface area contributed by atoms with Crippen LogP contribution in [0.25, 0.3) is 5.52 Å². The smallest absolute Gasteiger partial charge is 0.459 e. The van der Waals surface area contributed by atoms with Gasteiger partial charge in [0.1, 0.15) is 48.1 Å². The zero-order valence-electron chi connectivity index (χ0n) is 21.2. The Labute approximate surface area is 219 Å². The maximum absolute atomic E-state index is 13.9. The Hall–Kier alpha value is -3.06. The topological polar surface area (TPSA) is 180 Å². The number of nitrogens with two attached hydrogens (primary N) is 1. The van der Waals surface area contributed by atoms with Gasteiger partial charge >= 0.3 is 13.7 Å². The highest BCUT2D eigenvalue weighted by Crippen LogP contribution is 2.47. The number of benzene rings is 1. The summed E-state index contributed by atoms with van der Waals surface area (Å²) in [6.07, 6.45) is -3.54. The molecule has 206 valence electrons. The molecule has 0 bridgehead atoms. The highest BCUT2D eigenvalue weighted by atomic mass is 31.2. The van der Waals surface area contributed by atoms with Crippen molar-refractivity contribution < 1.29 is 38.1 Å². The van der Waals surface area contributed by atoms with E-state index in [2.05, 4.69) is 15.2 Å². The minimum absolute atomic E-state index is 0.140. The molecule has 1 aliphatic rings. The van der Waals surface area contributed by atoms with Crippen LogP contribution in [0.5, 0.6) is 5.75 Å². The molecule has 0 amide bonds. The van der Waals surface area contributed by atoms with E-state index in [1.165, 1.54) is 10.8 Å². The van der Waals surface area contributed by atoms with Crippen molar-refractivity contribution in [2.75, 3.05) is 18.9 Å². The molecule has 4 rings (SSSR count). The second-order valence-corrected chi connectivity index (χ2v) is 10.8. The number of aliphatic hydroxyl groups is 2. The first kappa shape index (κ1) is 28.0. The van der Waals surface area contributed by atoms with Crippen LogP contribution in [0, 0.1) is 5.92 Å². The molecule has 1 unspecified atom stereocenters. The highest BCUT2D eigenvalue weighted by Gasteiger charge is 2.46. The predicted molar refractivity (Wildman–Crippen MR) is 136 cm³/mol. The van der Waals surface area contributed by atoms with Gasteiger partial charge in [0.2, 0.25) is 0 Å². The number of fused-ring (bicyclic) bond motifs is 1. The van der Waals surface area contributed by atoms with E-state index in [0.29, 0.717) is 11.2 Å². The molecule has 3 aromatic rings. The Morgan fingerprint density at radius 1 is 1.21 bits per heavy atom. The van der Waals surface area contributed by atoms with Gasteiger partial charge in [-0.15, -0.1) is 0 Å². The second kappa shape index (κ2) is 11.8. The van der Waals surface area contributed by atoms with Crippen LogP contribution in [0.3, 0.4) is 0 Å². The number of anilines is 1. The molecule has 13 nitrogen and oxygen atoms in total. The van der Waals surface area contributed by atoms with Gasteiger partial charge in [-0.3, -0.25) is 9.32 Å². The second-order valence-electron chi connectivity index (χ2n) is 9.08. The number of rotatable bonds is 11. The summed E-state index contributed by atoms with van der Waals surface area (Å²) in [6, 6.07) is 10.6. The molecule has 38 heavy (non-hydrogen) atoms. The molecular weight excluding hydrogens is 517 g/mol. The number of aromatic nitrogens is 3. The third kappa shape index (κ3) is 5.98. The van der Waals surface area contributed by atoms with Crippen LogP contribution < -0.4 is 15.3 Å². The van der Waals surface area contributed by atoms with Crippen LogP contribution in [0.4, 0.5) is 5.82 Å². The first-order valence-corrected chi connectivity index (χ1v) is 13.7. The van der Waals surface area contributed by atoms with E-state index < -0.39 is 50.8 Å². The summed E-state index contributed by atoms with van der Waals surface area (Å²) >= 11 is 0. The van der Waals surface area contributed by atoms with Crippen molar-refractivity contribution in [3.63, 3.8) is 0 Å². The van der Waals surface area contributed by atoms with Gasteiger partial charge in [-0.25, -0.2) is 14.1 Å². The minimum atomic E-state index is -4.22. The number of carbonyl (C=O) groups excluding carboxylic acids is 1. The Morgan fingerprint density at radius 2 is 1.95 bits per heavy atom. The number of nitrogen functional groups attached to an aromatic ring is 1. The number of carbonyl (C=O) groups is 1. The van der Waals surface area contributed by atoms with Crippen molar-refractivity contribution in [2.45, 2.75) is 51.2 Å². The molecule has 5 N–H and O–H groups in total. The van der Waals surface area contributed by atoms with Gasteiger partial charge < -0.3 is 29.9 Å². The van der Waals surface area contributed by atoms with Crippen molar-refractivity contribution in [1.82, 2.24) is 19.7 Å². The van der Waals surface area contributed by atoms with Crippen molar-refractivity contribution in [3.8, 4) is 5.75 Å². The summed E-state index contributed by atoms with van der Waals surface area (Å²) in [6.45, 7) is 4.89. The lowest BCUT2D eigenvalue weighted by molar-refractivity contribution is -0.146. The normalized spacial score (nSPS) is 23.8. The number of nitrogens with one attached hydrogen (secondary N) is 1. The van der Waals surface area contributed by atoms with Crippen LogP contribution in [0.1, 0.15) is 32.6 Å². The number of esters is 1. The fourth-order valence-electron chi connectivity index (χ4n) is 4.08. The monoisotopic (exact) mass is 549 g/mol. The number of hydrogen-bond donors (Lipinski definition) is 4. The third-order valence-electron chi connectivity index (χ3n) is 6.05. The fraction of sp³-hybridized carbons (Fsp3) is 0.458. The van der Waals surface area contributed by atoms with Crippen LogP contribution >= 0.6 is 7.75 Å². The lowest BCUT2D eigenvalue weighted by Gasteiger charge is -2.27. The molecule has 0 saturated carbocycles. The van der Waals surface area contributed by atoms with Crippen molar-refractivity contribution in [1.29, 1.82) is 0 Å². The number of hydrogen-bond acceptors (Lipinski definition) is 11. The summed E-state index contributed by atoms with van der Waals surface area (Å²) in [5, 5.41) is 28.3. The molecule has 2 aromatic heterocycles. The van der Waals surface area contributed by atoms with E-state index in [-0.39, 0.29) is 24.1 Å². The van der Waals surface area contributed by atoms with Gasteiger partial charge in [0.25, 0.3) is 0 Å². The number of para-hydroxylation sites is 1. The highest BCUT2D eigenvalue weighted by molar-refractivity contribution is 7.52. The average Bonchev–Trinajstić information content (AvgIpc) is 3.44. The molecule has 3 heterocycles. The van der Waals surface area contributed by atoms with Gasteiger partial charge in [-0.2, -0.15) is 10.2 Å². The molecule has 14 heteroatoms. The Kier molecular flexibility index (Phi) is 8.66. The SMILES string of the molecule is CCOC(=O)[C@@H](NP(=O)(OC[C@H]1O[C@@H](c2ccc3c(N)ncnn23)[C@H](O)[C@@H]1O)Oc1ccccc1)C(C)C. The molecule has 6 atom stereocenters. The summed E-state index contributed by atoms with van der Waals surface area (Å²) in [5.41, 5.74) is 6.84. The number of ether oxygens (including phenoxy) is 2.